The monoisotopic (exact) mass is 305 g/mol. The third-order valence-corrected chi connectivity index (χ3v) is 4.80. The molecular weight excluding hydrogens is 278 g/mol. The normalized spacial score (nSPS) is 17.5. The highest BCUT2D eigenvalue weighted by Crippen LogP contribution is 2.31. The van der Waals surface area contributed by atoms with E-state index in [4.69, 9.17) is 11.6 Å². The molecule has 0 aliphatic heterocycles. The summed E-state index contributed by atoms with van der Waals surface area (Å²) in [6.45, 7) is 7.47. The van der Waals surface area contributed by atoms with Crippen LogP contribution in [-0.2, 0) is 0 Å². The van der Waals surface area contributed by atoms with Gasteiger partial charge in [0.15, 0.2) is 0 Å². The van der Waals surface area contributed by atoms with Gasteiger partial charge in [0.2, 0.25) is 0 Å². The van der Waals surface area contributed by atoms with Crippen LogP contribution in [0.5, 0.6) is 0 Å². The minimum absolute atomic E-state index is 0.526. The minimum Gasteiger partial charge on any atom is -0.311 e. The summed E-state index contributed by atoms with van der Waals surface area (Å²) in [4.78, 5) is 0. The van der Waals surface area contributed by atoms with Crippen molar-refractivity contribution in [3.63, 3.8) is 0 Å². The van der Waals surface area contributed by atoms with E-state index in [9.17, 15) is 0 Å². The predicted octanol–water partition coefficient (Wildman–Crippen LogP) is 5.61. The Bertz CT molecular complexity index is 484. The maximum atomic E-state index is 6.27. The van der Waals surface area contributed by atoms with Gasteiger partial charge in [0, 0.05) is 17.6 Å². The lowest BCUT2D eigenvalue weighted by molar-refractivity contribution is 0.394. The van der Waals surface area contributed by atoms with Gasteiger partial charge in [-0.1, -0.05) is 68.5 Å². The largest absolute Gasteiger partial charge is 0.311 e. The zero-order chi connectivity index (χ0) is 15.2. The van der Waals surface area contributed by atoms with Crippen molar-refractivity contribution < 1.29 is 0 Å². The van der Waals surface area contributed by atoms with Gasteiger partial charge in [-0.2, -0.15) is 0 Å². The molecular formula is C19H28ClN. The first-order valence-electron chi connectivity index (χ1n) is 8.26. The molecule has 1 aromatic carbocycles. The SMILES string of the molecule is Cc1ccc(/C=C(/CNC(C)C)C2CCCCC2)cc1Cl. The highest BCUT2D eigenvalue weighted by molar-refractivity contribution is 6.31. The average Bonchev–Trinajstić information content (AvgIpc) is 2.48. The Labute approximate surface area is 134 Å². The standard InChI is InChI=1S/C19H28ClN/c1-14(2)21-13-18(17-7-5-4-6-8-17)11-16-10-9-15(3)19(20)12-16/h9-12,14,17,21H,4-8,13H2,1-3H3/b18-11-. The Hall–Kier alpha value is -0.790. The molecule has 0 aromatic heterocycles. The van der Waals surface area contributed by atoms with Crippen molar-refractivity contribution in [3.05, 3.63) is 39.9 Å². The number of benzene rings is 1. The molecule has 1 aromatic rings. The fraction of sp³-hybridized carbons (Fsp3) is 0.579. The third-order valence-electron chi connectivity index (χ3n) is 4.39. The molecule has 2 heteroatoms. The first-order valence-corrected chi connectivity index (χ1v) is 8.64. The van der Waals surface area contributed by atoms with Gasteiger partial charge in [-0.25, -0.2) is 0 Å². The molecule has 0 spiro atoms. The molecule has 0 bridgehead atoms. The van der Waals surface area contributed by atoms with Gasteiger partial charge in [-0.3, -0.25) is 0 Å². The van der Waals surface area contributed by atoms with Gasteiger partial charge in [0.25, 0.3) is 0 Å². The summed E-state index contributed by atoms with van der Waals surface area (Å²) in [5.41, 5.74) is 3.92. The van der Waals surface area contributed by atoms with Crippen LogP contribution in [0.4, 0.5) is 0 Å². The zero-order valence-corrected chi connectivity index (χ0v) is 14.3. The number of nitrogens with one attached hydrogen (secondary N) is 1. The number of aryl methyl sites for hydroxylation is 1. The Balaban J connectivity index is 2.19. The average molecular weight is 306 g/mol. The van der Waals surface area contributed by atoms with E-state index in [0.29, 0.717) is 6.04 Å². The first kappa shape index (κ1) is 16.6. The maximum absolute atomic E-state index is 6.27. The molecule has 1 saturated carbocycles. The second-order valence-corrected chi connectivity index (χ2v) is 7.01. The molecule has 0 amide bonds. The lowest BCUT2D eigenvalue weighted by Gasteiger charge is -2.26. The fourth-order valence-corrected chi connectivity index (χ4v) is 3.21. The van der Waals surface area contributed by atoms with Gasteiger partial charge in [-0.05, 0) is 42.9 Å². The molecule has 1 aliphatic rings. The summed E-state index contributed by atoms with van der Waals surface area (Å²) < 4.78 is 0. The molecule has 0 atom stereocenters. The fourth-order valence-electron chi connectivity index (χ4n) is 3.02. The van der Waals surface area contributed by atoms with E-state index in [1.807, 2.05) is 0 Å². The van der Waals surface area contributed by atoms with E-state index in [2.05, 4.69) is 50.4 Å². The molecule has 2 rings (SSSR count). The van der Waals surface area contributed by atoms with Crippen LogP contribution < -0.4 is 5.32 Å². The van der Waals surface area contributed by atoms with E-state index in [0.717, 1.165) is 23.0 Å². The van der Waals surface area contributed by atoms with Crippen LogP contribution in [0.2, 0.25) is 5.02 Å². The molecule has 1 aliphatic carbocycles. The van der Waals surface area contributed by atoms with Gasteiger partial charge >= 0.3 is 0 Å². The Morgan fingerprint density at radius 1 is 1.29 bits per heavy atom. The van der Waals surface area contributed by atoms with Crippen LogP contribution in [-0.4, -0.2) is 12.6 Å². The van der Waals surface area contributed by atoms with Crippen molar-refractivity contribution in [1.29, 1.82) is 0 Å². The maximum Gasteiger partial charge on any atom is 0.0441 e. The summed E-state index contributed by atoms with van der Waals surface area (Å²) in [5, 5.41) is 4.45. The summed E-state index contributed by atoms with van der Waals surface area (Å²) in [5.74, 6) is 0.741. The van der Waals surface area contributed by atoms with E-state index < -0.39 is 0 Å². The van der Waals surface area contributed by atoms with Crippen LogP contribution >= 0.6 is 11.6 Å². The van der Waals surface area contributed by atoms with Crippen molar-refractivity contribution in [2.24, 2.45) is 5.92 Å². The van der Waals surface area contributed by atoms with Crippen LogP contribution in [0, 0.1) is 12.8 Å². The summed E-state index contributed by atoms with van der Waals surface area (Å²) in [6.07, 6.45) is 9.18. The molecule has 21 heavy (non-hydrogen) atoms. The van der Waals surface area contributed by atoms with E-state index in [-0.39, 0.29) is 0 Å². The lowest BCUT2D eigenvalue weighted by atomic mass is 9.83. The number of rotatable bonds is 5. The van der Waals surface area contributed by atoms with Crippen molar-refractivity contribution in [2.75, 3.05) is 6.54 Å². The highest BCUT2D eigenvalue weighted by Gasteiger charge is 2.18. The van der Waals surface area contributed by atoms with Gasteiger partial charge in [0.05, 0.1) is 0 Å². The lowest BCUT2D eigenvalue weighted by Crippen LogP contribution is -2.27. The molecule has 1 nitrogen and oxygen atoms in total. The number of hydrogen-bond acceptors (Lipinski definition) is 1. The van der Waals surface area contributed by atoms with E-state index in [1.165, 1.54) is 37.7 Å². The van der Waals surface area contributed by atoms with E-state index >= 15 is 0 Å². The van der Waals surface area contributed by atoms with Crippen LogP contribution in [0.15, 0.2) is 23.8 Å². The number of halogens is 1. The Kier molecular flexibility index (Phi) is 6.32. The molecule has 1 N–H and O–H groups in total. The smallest absolute Gasteiger partial charge is 0.0441 e. The molecule has 1 fully saturated rings. The predicted molar refractivity (Wildman–Crippen MR) is 93.9 cm³/mol. The molecule has 0 heterocycles. The second kappa shape index (κ2) is 8.00. The quantitative estimate of drug-likeness (QED) is 0.745. The highest BCUT2D eigenvalue weighted by atomic mass is 35.5. The third kappa shape index (κ3) is 5.16. The van der Waals surface area contributed by atoms with Crippen molar-refractivity contribution in [3.8, 4) is 0 Å². The summed E-state index contributed by atoms with van der Waals surface area (Å²) >= 11 is 6.27. The minimum atomic E-state index is 0.526. The van der Waals surface area contributed by atoms with Gasteiger partial charge < -0.3 is 5.32 Å². The molecule has 116 valence electrons. The first-order chi connectivity index (χ1) is 10.1. The summed E-state index contributed by atoms with van der Waals surface area (Å²) in [7, 11) is 0. The topological polar surface area (TPSA) is 12.0 Å². The van der Waals surface area contributed by atoms with Crippen LogP contribution in [0.1, 0.15) is 57.1 Å². The van der Waals surface area contributed by atoms with Gasteiger partial charge in [-0.15, -0.1) is 0 Å². The van der Waals surface area contributed by atoms with Gasteiger partial charge in [0.1, 0.15) is 0 Å². The number of hydrogen-bond donors (Lipinski definition) is 1. The molecule has 0 saturated heterocycles. The molecule has 0 unspecified atom stereocenters. The van der Waals surface area contributed by atoms with Crippen LogP contribution in [0.25, 0.3) is 6.08 Å². The summed E-state index contributed by atoms with van der Waals surface area (Å²) in [6, 6.07) is 6.91. The molecule has 0 radical (unpaired) electrons. The zero-order valence-electron chi connectivity index (χ0n) is 13.6. The van der Waals surface area contributed by atoms with E-state index in [1.54, 1.807) is 5.57 Å². The Morgan fingerprint density at radius 3 is 2.62 bits per heavy atom. The second-order valence-electron chi connectivity index (χ2n) is 6.60. The van der Waals surface area contributed by atoms with Crippen molar-refractivity contribution in [2.45, 2.75) is 58.9 Å². The van der Waals surface area contributed by atoms with Crippen molar-refractivity contribution >= 4 is 17.7 Å². The van der Waals surface area contributed by atoms with Crippen molar-refractivity contribution in [1.82, 2.24) is 5.32 Å². The Morgan fingerprint density at radius 2 is 2.00 bits per heavy atom. The van der Waals surface area contributed by atoms with Crippen LogP contribution in [0.3, 0.4) is 0 Å².